The van der Waals surface area contributed by atoms with Gasteiger partial charge in [-0.1, -0.05) is 13.8 Å². The lowest BCUT2D eigenvalue weighted by Gasteiger charge is -2.39. The van der Waals surface area contributed by atoms with Gasteiger partial charge in [-0.15, -0.1) is 0 Å². The molecule has 2 aliphatic heterocycles. The molecule has 1 aromatic rings. The summed E-state index contributed by atoms with van der Waals surface area (Å²) in [6.07, 6.45) is 2.63. The van der Waals surface area contributed by atoms with Crippen LogP contribution in [0.2, 0.25) is 0 Å². The van der Waals surface area contributed by atoms with E-state index in [9.17, 15) is 14.4 Å². The summed E-state index contributed by atoms with van der Waals surface area (Å²) in [6, 6.07) is 0. The van der Waals surface area contributed by atoms with Gasteiger partial charge in [0.15, 0.2) is 5.41 Å². The van der Waals surface area contributed by atoms with Gasteiger partial charge in [0.05, 0.1) is 12.7 Å². The Morgan fingerprint density at radius 2 is 1.96 bits per heavy atom. The van der Waals surface area contributed by atoms with E-state index in [2.05, 4.69) is 4.98 Å². The summed E-state index contributed by atoms with van der Waals surface area (Å²) < 4.78 is 7.35. The van der Waals surface area contributed by atoms with Crippen LogP contribution in [0.25, 0.3) is 0 Å². The third-order valence-electron chi connectivity index (χ3n) is 6.80. The molecule has 0 unspecified atom stereocenters. The van der Waals surface area contributed by atoms with Crippen LogP contribution in [0.3, 0.4) is 0 Å². The first-order valence-corrected chi connectivity index (χ1v) is 8.51. The van der Waals surface area contributed by atoms with E-state index in [0.717, 1.165) is 0 Å². The van der Waals surface area contributed by atoms with Crippen molar-refractivity contribution in [2.75, 3.05) is 6.54 Å². The van der Waals surface area contributed by atoms with Gasteiger partial charge in [0.1, 0.15) is 17.1 Å². The van der Waals surface area contributed by atoms with Crippen molar-refractivity contribution in [3.8, 4) is 0 Å². The third-order valence-corrected chi connectivity index (χ3v) is 6.80. The largest absolute Gasteiger partial charge is 0.458 e. The predicted octanol–water partition coefficient (Wildman–Crippen LogP) is 0.446. The summed E-state index contributed by atoms with van der Waals surface area (Å²) in [4.78, 5) is 43.4. The summed E-state index contributed by atoms with van der Waals surface area (Å²) in [6.45, 7) is 6.90. The first-order valence-electron chi connectivity index (χ1n) is 8.51. The first-order chi connectivity index (χ1) is 11.6. The van der Waals surface area contributed by atoms with Crippen molar-refractivity contribution in [3.63, 3.8) is 0 Å². The molecule has 0 spiro atoms. The lowest BCUT2D eigenvalue weighted by atomic mass is 9.65. The summed E-state index contributed by atoms with van der Waals surface area (Å²) in [5.41, 5.74) is 3.38. The number of amides is 2. The van der Waals surface area contributed by atoms with E-state index in [-0.39, 0.29) is 12.5 Å². The molecule has 2 bridgehead atoms. The number of carbonyl (C=O) groups is 3. The average molecular weight is 346 g/mol. The second kappa shape index (κ2) is 4.62. The Morgan fingerprint density at radius 3 is 2.52 bits per heavy atom. The Bertz CT molecular complexity index is 814. The maximum Gasteiger partial charge on any atom is 0.322 e. The predicted molar refractivity (Wildman–Crippen MR) is 86.1 cm³/mol. The molecule has 2 atom stereocenters. The number of nitrogens with two attached hydrogens (primary N) is 1. The number of esters is 1. The van der Waals surface area contributed by atoms with Crippen molar-refractivity contribution < 1.29 is 19.1 Å². The number of primary amides is 1. The number of fused-ring (bicyclic) bond motifs is 3. The smallest absolute Gasteiger partial charge is 0.322 e. The summed E-state index contributed by atoms with van der Waals surface area (Å²) in [7, 11) is 0. The van der Waals surface area contributed by atoms with Crippen molar-refractivity contribution in [1.29, 1.82) is 0 Å². The van der Waals surface area contributed by atoms with Crippen LogP contribution >= 0.6 is 0 Å². The molecule has 8 heteroatoms. The molecule has 2 N–H and O–H groups in total. The minimum Gasteiger partial charge on any atom is -0.458 e. The first kappa shape index (κ1) is 16.1. The molecule has 2 amide bonds. The van der Waals surface area contributed by atoms with Crippen molar-refractivity contribution in [3.05, 3.63) is 17.7 Å². The number of hydrogen-bond acceptors (Lipinski definition) is 5. The van der Waals surface area contributed by atoms with E-state index in [1.54, 1.807) is 9.47 Å². The number of nitrogens with zero attached hydrogens (tertiary/aromatic N) is 3. The second-order valence-electron chi connectivity index (χ2n) is 7.95. The summed E-state index contributed by atoms with van der Waals surface area (Å²) in [5, 5.41) is 0. The highest BCUT2D eigenvalue weighted by Gasteiger charge is 2.76. The standard InChI is InChI=1S/C17H22N4O4/c1-15(2)16(3)4-5-17(15,14(24)25-16)13(23)20-6-7-21-10(12(18)22)8-19-11(21)9-20/h8H,4-7,9H2,1-3H3,(H2,18,22)/t16-,17+/m1/s1. The van der Waals surface area contributed by atoms with Gasteiger partial charge >= 0.3 is 5.97 Å². The number of carbonyl (C=O) groups excluding carboxylic acids is 3. The van der Waals surface area contributed by atoms with Crippen molar-refractivity contribution >= 4 is 17.8 Å². The van der Waals surface area contributed by atoms with E-state index >= 15 is 0 Å². The van der Waals surface area contributed by atoms with E-state index < -0.39 is 28.3 Å². The van der Waals surface area contributed by atoms with E-state index in [4.69, 9.17) is 10.5 Å². The molecule has 8 nitrogen and oxygen atoms in total. The molecular weight excluding hydrogens is 324 g/mol. The summed E-state index contributed by atoms with van der Waals surface area (Å²) in [5.74, 6) is -0.541. The molecule has 1 saturated carbocycles. The Balaban J connectivity index is 1.66. The lowest BCUT2D eigenvalue weighted by Crippen LogP contribution is -2.54. The third kappa shape index (κ3) is 1.72. The maximum atomic E-state index is 13.4. The van der Waals surface area contributed by atoms with Crippen LogP contribution in [-0.2, 0) is 27.4 Å². The molecule has 3 aliphatic rings. The van der Waals surface area contributed by atoms with Gasteiger partial charge in [0.2, 0.25) is 5.91 Å². The van der Waals surface area contributed by atoms with Crippen LogP contribution in [-0.4, -0.2) is 44.4 Å². The average Bonchev–Trinajstić information content (AvgIpc) is 3.09. The zero-order valence-electron chi connectivity index (χ0n) is 14.7. The van der Waals surface area contributed by atoms with Gasteiger partial charge in [-0.05, 0) is 19.8 Å². The fourth-order valence-corrected chi connectivity index (χ4v) is 4.69. The number of imidazole rings is 1. The fraction of sp³-hybridized carbons (Fsp3) is 0.647. The van der Waals surface area contributed by atoms with E-state index in [0.29, 0.717) is 37.4 Å². The second-order valence-corrected chi connectivity index (χ2v) is 7.95. The van der Waals surface area contributed by atoms with Crippen LogP contribution < -0.4 is 5.73 Å². The maximum absolute atomic E-state index is 13.4. The summed E-state index contributed by atoms with van der Waals surface area (Å²) >= 11 is 0. The van der Waals surface area contributed by atoms with Crippen LogP contribution in [0.1, 0.15) is 49.9 Å². The molecule has 25 heavy (non-hydrogen) atoms. The van der Waals surface area contributed by atoms with Gasteiger partial charge in [-0.3, -0.25) is 14.4 Å². The lowest BCUT2D eigenvalue weighted by molar-refractivity contribution is -0.166. The Kier molecular flexibility index (Phi) is 2.97. The van der Waals surface area contributed by atoms with Crippen molar-refractivity contribution in [2.24, 2.45) is 16.6 Å². The Hall–Kier alpha value is -2.38. The van der Waals surface area contributed by atoms with Gasteiger partial charge in [-0.2, -0.15) is 0 Å². The molecule has 1 aliphatic carbocycles. The highest BCUT2D eigenvalue weighted by Crippen LogP contribution is 2.66. The molecule has 0 radical (unpaired) electrons. The quantitative estimate of drug-likeness (QED) is 0.618. The minimum absolute atomic E-state index is 0.196. The minimum atomic E-state index is -1.14. The van der Waals surface area contributed by atoms with Crippen LogP contribution in [0, 0.1) is 10.8 Å². The molecule has 1 saturated heterocycles. The van der Waals surface area contributed by atoms with Crippen LogP contribution in [0.5, 0.6) is 0 Å². The van der Waals surface area contributed by atoms with E-state index in [1.165, 1.54) is 6.20 Å². The van der Waals surface area contributed by atoms with Crippen LogP contribution in [0.4, 0.5) is 0 Å². The normalized spacial score (nSPS) is 32.4. The highest BCUT2D eigenvalue weighted by molar-refractivity contribution is 6.06. The van der Waals surface area contributed by atoms with Crippen molar-refractivity contribution in [2.45, 2.75) is 52.3 Å². The van der Waals surface area contributed by atoms with Gasteiger partial charge in [0, 0.05) is 18.5 Å². The van der Waals surface area contributed by atoms with Gasteiger partial charge in [-0.25, -0.2) is 4.98 Å². The molecule has 3 heterocycles. The molecule has 2 fully saturated rings. The van der Waals surface area contributed by atoms with Crippen LogP contribution in [0.15, 0.2) is 6.20 Å². The molecular formula is C17H22N4O4. The van der Waals surface area contributed by atoms with E-state index in [1.807, 2.05) is 20.8 Å². The number of rotatable bonds is 2. The Labute approximate surface area is 145 Å². The Morgan fingerprint density at radius 1 is 1.24 bits per heavy atom. The fourth-order valence-electron chi connectivity index (χ4n) is 4.69. The number of ether oxygens (including phenoxy) is 1. The highest BCUT2D eigenvalue weighted by atomic mass is 16.6. The SMILES string of the molecule is CC1(C)[C@]2(C(=O)N3CCn4c(C(N)=O)cnc4C3)CC[C@@]1(C)OC2=O. The van der Waals surface area contributed by atoms with Gasteiger partial charge < -0.3 is 19.9 Å². The molecule has 4 rings (SSSR count). The zero-order valence-corrected chi connectivity index (χ0v) is 14.7. The molecule has 134 valence electrons. The monoisotopic (exact) mass is 346 g/mol. The van der Waals surface area contributed by atoms with Crippen molar-refractivity contribution in [1.82, 2.24) is 14.5 Å². The molecule has 1 aromatic heterocycles. The topological polar surface area (TPSA) is 108 Å². The number of aromatic nitrogens is 2. The zero-order chi connectivity index (χ0) is 18.2. The number of hydrogen-bond donors (Lipinski definition) is 1. The molecule has 0 aromatic carbocycles. The van der Waals surface area contributed by atoms with Gasteiger partial charge in [0.25, 0.3) is 5.91 Å².